The first-order chi connectivity index (χ1) is 6.81. The predicted molar refractivity (Wildman–Crippen MR) is 55.1 cm³/mol. The van der Waals surface area contributed by atoms with E-state index < -0.39 is 0 Å². The van der Waals surface area contributed by atoms with Crippen LogP contribution in [0.1, 0.15) is 38.5 Å². The zero-order valence-electron chi connectivity index (χ0n) is 8.73. The highest BCUT2D eigenvalue weighted by atomic mass is 16.3. The van der Waals surface area contributed by atoms with E-state index in [2.05, 4.69) is 4.90 Å². The Morgan fingerprint density at radius 2 is 2.00 bits per heavy atom. The third kappa shape index (κ3) is 2.10. The van der Waals surface area contributed by atoms with Gasteiger partial charge in [0.2, 0.25) is 0 Å². The van der Waals surface area contributed by atoms with Gasteiger partial charge < -0.3 is 10.2 Å². The Morgan fingerprint density at radius 1 is 1.14 bits per heavy atom. The molecule has 3 atom stereocenters. The Bertz CT molecular complexity index is 186. The van der Waals surface area contributed by atoms with E-state index in [0.29, 0.717) is 12.1 Å². The summed E-state index contributed by atoms with van der Waals surface area (Å²) < 4.78 is 0. The van der Waals surface area contributed by atoms with Crippen molar-refractivity contribution in [2.24, 2.45) is 0 Å². The Kier molecular flexibility index (Phi) is 3.42. The van der Waals surface area contributed by atoms with Crippen molar-refractivity contribution in [3.63, 3.8) is 0 Å². The average molecular weight is 199 g/mol. The van der Waals surface area contributed by atoms with Gasteiger partial charge in [0.15, 0.2) is 0 Å². The lowest BCUT2D eigenvalue weighted by atomic mass is 9.99. The molecule has 1 heterocycles. The van der Waals surface area contributed by atoms with Gasteiger partial charge in [-0.2, -0.15) is 0 Å². The molecule has 82 valence electrons. The van der Waals surface area contributed by atoms with Crippen molar-refractivity contribution < 1.29 is 10.2 Å². The second-order valence-corrected chi connectivity index (χ2v) is 4.69. The zero-order chi connectivity index (χ0) is 9.97. The number of likely N-dealkylation sites (tertiary alicyclic amines) is 1. The van der Waals surface area contributed by atoms with Gasteiger partial charge in [-0.1, -0.05) is 6.42 Å². The van der Waals surface area contributed by atoms with Gasteiger partial charge in [-0.25, -0.2) is 0 Å². The summed E-state index contributed by atoms with van der Waals surface area (Å²) in [6.45, 7) is 1.40. The molecular weight excluding hydrogens is 178 g/mol. The van der Waals surface area contributed by atoms with Crippen LogP contribution in [0.4, 0.5) is 0 Å². The standard InChI is InChI=1S/C11H21NO2/c13-8-10-3-1-2-6-12(10)9-4-5-11(14)7-9/h9-11,13-14H,1-8H2. The molecule has 3 nitrogen and oxygen atoms in total. The van der Waals surface area contributed by atoms with Crippen LogP contribution in [0.15, 0.2) is 0 Å². The first kappa shape index (κ1) is 10.4. The SMILES string of the molecule is OCC1CCCCN1C1CCC(O)C1. The van der Waals surface area contributed by atoms with Crippen LogP contribution in [0, 0.1) is 0 Å². The summed E-state index contributed by atoms with van der Waals surface area (Å²) in [7, 11) is 0. The van der Waals surface area contributed by atoms with Gasteiger partial charge in [-0.15, -0.1) is 0 Å². The molecule has 2 rings (SSSR count). The third-order valence-electron chi connectivity index (χ3n) is 3.73. The molecule has 1 saturated carbocycles. The Balaban J connectivity index is 1.93. The molecule has 0 bridgehead atoms. The van der Waals surface area contributed by atoms with Crippen molar-refractivity contribution >= 4 is 0 Å². The van der Waals surface area contributed by atoms with Gasteiger partial charge in [-0.05, 0) is 38.6 Å². The second-order valence-electron chi connectivity index (χ2n) is 4.69. The molecule has 0 radical (unpaired) electrons. The molecule has 1 aliphatic heterocycles. The number of nitrogens with zero attached hydrogens (tertiary/aromatic N) is 1. The summed E-state index contributed by atoms with van der Waals surface area (Å²) >= 11 is 0. The molecule has 0 amide bonds. The van der Waals surface area contributed by atoms with Crippen molar-refractivity contribution in [3.8, 4) is 0 Å². The summed E-state index contributed by atoms with van der Waals surface area (Å²) in [5.41, 5.74) is 0. The van der Waals surface area contributed by atoms with Crippen LogP contribution in [0.25, 0.3) is 0 Å². The Labute approximate surface area is 85.7 Å². The fourth-order valence-electron chi connectivity index (χ4n) is 2.94. The molecule has 1 saturated heterocycles. The highest BCUT2D eigenvalue weighted by molar-refractivity contribution is 4.88. The molecule has 2 N–H and O–H groups in total. The summed E-state index contributed by atoms with van der Waals surface area (Å²) in [5, 5.41) is 18.8. The molecule has 14 heavy (non-hydrogen) atoms. The molecule has 3 unspecified atom stereocenters. The van der Waals surface area contributed by atoms with Crippen LogP contribution in [-0.4, -0.2) is 46.5 Å². The van der Waals surface area contributed by atoms with E-state index in [1.165, 1.54) is 12.8 Å². The normalized spacial score (nSPS) is 40.3. The van der Waals surface area contributed by atoms with Crippen molar-refractivity contribution in [1.29, 1.82) is 0 Å². The first-order valence-electron chi connectivity index (χ1n) is 5.86. The molecule has 0 spiro atoms. The number of aliphatic hydroxyl groups excluding tert-OH is 2. The van der Waals surface area contributed by atoms with Crippen LogP contribution in [0.2, 0.25) is 0 Å². The molecule has 2 aliphatic rings. The lowest BCUT2D eigenvalue weighted by Gasteiger charge is -2.39. The molecule has 0 aromatic rings. The fourth-order valence-corrected chi connectivity index (χ4v) is 2.94. The summed E-state index contributed by atoms with van der Waals surface area (Å²) in [6, 6.07) is 0.890. The molecule has 2 fully saturated rings. The number of aliphatic hydroxyl groups is 2. The van der Waals surface area contributed by atoms with Gasteiger partial charge in [0.1, 0.15) is 0 Å². The van der Waals surface area contributed by atoms with Crippen LogP contribution in [0.3, 0.4) is 0 Å². The monoisotopic (exact) mass is 199 g/mol. The second kappa shape index (κ2) is 4.60. The van der Waals surface area contributed by atoms with Crippen molar-refractivity contribution in [2.45, 2.75) is 56.7 Å². The number of piperidine rings is 1. The number of hydrogen-bond donors (Lipinski definition) is 2. The quantitative estimate of drug-likeness (QED) is 0.689. The van der Waals surface area contributed by atoms with Crippen molar-refractivity contribution in [2.75, 3.05) is 13.2 Å². The minimum absolute atomic E-state index is 0.0960. The van der Waals surface area contributed by atoms with Gasteiger partial charge >= 0.3 is 0 Å². The first-order valence-corrected chi connectivity index (χ1v) is 5.86. The lowest BCUT2D eigenvalue weighted by molar-refractivity contribution is 0.0491. The van der Waals surface area contributed by atoms with E-state index in [1.54, 1.807) is 0 Å². The number of hydrogen-bond acceptors (Lipinski definition) is 3. The number of rotatable bonds is 2. The smallest absolute Gasteiger partial charge is 0.0586 e. The molecule has 0 aromatic carbocycles. The summed E-state index contributed by atoms with van der Waals surface area (Å²) in [4.78, 5) is 2.43. The minimum Gasteiger partial charge on any atom is -0.395 e. The molecular formula is C11H21NO2. The molecule has 1 aliphatic carbocycles. The van der Waals surface area contributed by atoms with Gasteiger partial charge in [0, 0.05) is 12.1 Å². The van der Waals surface area contributed by atoms with E-state index in [0.717, 1.165) is 32.2 Å². The molecule has 0 aromatic heterocycles. The summed E-state index contributed by atoms with van der Waals surface area (Å²) in [5.74, 6) is 0. The van der Waals surface area contributed by atoms with Crippen LogP contribution < -0.4 is 0 Å². The van der Waals surface area contributed by atoms with Crippen molar-refractivity contribution in [3.05, 3.63) is 0 Å². The van der Waals surface area contributed by atoms with E-state index in [9.17, 15) is 10.2 Å². The maximum absolute atomic E-state index is 9.50. The summed E-state index contributed by atoms with van der Waals surface area (Å²) in [6.07, 6.45) is 6.50. The van der Waals surface area contributed by atoms with Crippen LogP contribution >= 0.6 is 0 Å². The van der Waals surface area contributed by atoms with Crippen molar-refractivity contribution in [1.82, 2.24) is 4.90 Å². The Hall–Kier alpha value is -0.120. The third-order valence-corrected chi connectivity index (χ3v) is 3.73. The topological polar surface area (TPSA) is 43.7 Å². The largest absolute Gasteiger partial charge is 0.395 e. The maximum atomic E-state index is 9.50. The Morgan fingerprint density at radius 3 is 2.64 bits per heavy atom. The average Bonchev–Trinajstić information content (AvgIpc) is 2.65. The minimum atomic E-state index is -0.0960. The molecule has 3 heteroatoms. The van der Waals surface area contributed by atoms with Gasteiger partial charge in [0.25, 0.3) is 0 Å². The van der Waals surface area contributed by atoms with E-state index >= 15 is 0 Å². The van der Waals surface area contributed by atoms with Gasteiger partial charge in [0.05, 0.1) is 12.7 Å². The lowest BCUT2D eigenvalue weighted by Crippen LogP contribution is -2.47. The van der Waals surface area contributed by atoms with E-state index in [-0.39, 0.29) is 12.7 Å². The van der Waals surface area contributed by atoms with E-state index in [4.69, 9.17) is 0 Å². The highest BCUT2D eigenvalue weighted by Gasteiger charge is 2.33. The van der Waals surface area contributed by atoms with Crippen LogP contribution in [0.5, 0.6) is 0 Å². The van der Waals surface area contributed by atoms with Crippen LogP contribution in [-0.2, 0) is 0 Å². The van der Waals surface area contributed by atoms with E-state index in [1.807, 2.05) is 0 Å². The maximum Gasteiger partial charge on any atom is 0.0586 e. The highest BCUT2D eigenvalue weighted by Crippen LogP contribution is 2.29. The zero-order valence-corrected chi connectivity index (χ0v) is 8.73. The predicted octanol–water partition coefficient (Wildman–Crippen LogP) is 0.747. The van der Waals surface area contributed by atoms with Gasteiger partial charge in [-0.3, -0.25) is 4.90 Å². The fraction of sp³-hybridized carbons (Fsp3) is 1.00.